The average Bonchev–Trinajstić information content (AvgIpc) is 2.37. The predicted molar refractivity (Wildman–Crippen MR) is 64.7 cm³/mol. The van der Waals surface area contributed by atoms with Crippen molar-refractivity contribution in [1.82, 2.24) is 0 Å². The highest BCUT2D eigenvalue weighted by Gasteiger charge is 2.30. The number of rotatable bonds is 4. The third kappa shape index (κ3) is 4.23. The zero-order chi connectivity index (χ0) is 15.3. The molecule has 3 N–H and O–H groups in total. The number of benzene rings is 1. The largest absolute Gasteiger partial charge is 0.464 e. The minimum atomic E-state index is -4.45. The van der Waals surface area contributed by atoms with Gasteiger partial charge in [-0.15, -0.1) is 0 Å². The number of esters is 1. The lowest BCUT2D eigenvalue weighted by Gasteiger charge is -2.12. The van der Waals surface area contributed by atoms with Gasteiger partial charge in [0, 0.05) is 5.69 Å². The Hall–Kier alpha value is -2.09. The van der Waals surface area contributed by atoms with E-state index in [1.165, 1.54) is 0 Å². The lowest BCUT2D eigenvalue weighted by molar-refractivity contribution is -0.147. The topological polar surface area (TPSA) is 81.4 Å². The lowest BCUT2D eigenvalue weighted by atomic mass is 10.2. The minimum absolute atomic E-state index is 0.0695. The van der Waals surface area contributed by atoms with Gasteiger partial charge >= 0.3 is 12.1 Å². The van der Waals surface area contributed by atoms with Crippen LogP contribution in [0.25, 0.3) is 0 Å². The average molecular weight is 290 g/mol. The smallest absolute Gasteiger partial charge is 0.416 e. The fourth-order valence-electron chi connectivity index (χ4n) is 1.30. The standard InChI is InChI=1S/C12H13F3N2O3/c1-2-20-11(19)9(16)10(18)17-8-5-3-7(4-6-8)12(13,14)15/h3-6,9H,2,16H2,1H3,(H,17,18). The number of alkyl halides is 3. The van der Waals surface area contributed by atoms with Crippen LogP contribution in [-0.2, 0) is 20.5 Å². The predicted octanol–water partition coefficient (Wildman–Crippen LogP) is 1.53. The lowest BCUT2D eigenvalue weighted by Crippen LogP contribution is -2.43. The van der Waals surface area contributed by atoms with Crippen LogP contribution in [0.1, 0.15) is 12.5 Å². The number of hydrogen-bond acceptors (Lipinski definition) is 4. The zero-order valence-corrected chi connectivity index (χ0v) is 10.5. The quantitative estimate of drug-likeness (QED) is 0.651. The van der Waals surface area contributed by atoms with E-state index < -0.39 is 29.7 Å². The van der Waals surface area contributed by atoms with Crippen LogP contribution in [0.4, 0.5) is 18.9 Å². The van der Waals surface area contributed by atoms with Gasteiger partial charge < -0.3 is 15.8 Å². The molecule has 110 valence electrons. The number of carbonyl (C=O) groups excluding carboxylic acids is 2. The molecule has 8 heteroatoms. The number of hydrogen-bond donors (Lipinski definition) is 2. The fraction of sp³-hybridized carbons (Fsp3) is 0.333. The first-order valence-electron chi connectivity index (χ1n) is 5.66. The number of ether oxygens (including phenoxy) is 1. The molecule has 1 unspecified atom stereocenters. The van der Waals surface area contributed by atoms with Gasteiger partial charge in [0.25, 0.3) is 5.91 Å². The van der Waals surface area contributed by atoms with Crippen molar-refractivity contribution < 1.29 is 27.5 Å². The molecular formula is C12H13F3N2O3. The molecule has 0 heterocycles. The number of nitrogens with two attached hydrogens (primary N) is 1. The summed E-state index contributed by atoms with van der Waals surface area (Å²) in [5, 5.41) is 2.23. The molecule has 0 aliphatic rings. The van der Waals surface area contributed by atoms with Crippen LogP contribution in [0, 0.1) is 0 Å². The van der Waals surface area contributed by atoms with E-state index in [1.54, 1.807) is 6.92 Å². The van der Waals surface area contributed by atoms with Crippen molar-refractivity contribution in [3.05, 3.63) is 29.8 Å². The van der Waals surface area contributed by atoms with Crippen LogP contribution in [0.2, 0.25) is 0 Å². The van der Waals surface area contributed by atoms with Gasteiger partial charge in [0.15, 0.2) is 6.04 Å². The third-order valence-electron chi connectivity index (χ3n) is 2.30. The van der Waals surface area contributed by atoms with E-state index in [-0.39, 0.29) is 12.3 Å². The summed E-state index contributed by atoms with van der Waals surface area (Å²) in [7, 11) is 0. The Balaban J connectivity index is 2.69. The Kier molecular flexibility index (Phi) is 5.09. The second-order valence-electron chi connectivity index (χ2n) is 3.79. The molecule has 0 aliphatic carbocycles. The van der Waals surface area contributed by atoms with Crippen LogP contribution >= 0.6 is 0 Å². The summed E-state index contributed by atoms with van der Waals surface area (Å²) in [4.78, 5) is 22.8. The Morgan fingerprint density at radius 1 is 1.30 bits per heavy atom. The molecule has 0 fully saturated rings. The molecule has 0 saturated carbocycles. The number of amides is 1. The first kappa shape index (κ1) is 16.0. The van der Waals surface area contributed by atoms with Crippen LogP contribution in [0.3, 0.4) is 0 Å². The van der Waals surface area contributed by atoms with E-state index >= 15 is 0 Å². The first-order chi connectivity index (χ1) is 9.25. The number of nitrogens with one attached hydrogen (secondary N) is 1. The van der Waals surface area contributed by atoms with Crippen LogP contribution in [0.15, 0.2) is 24.3 Å². The molecule has 0 radical (unpaired) electrons. The molecule has 1 aromatic rings. The van der Waals surface area contributed by atoms with E-state index in [9.17, 15) is 22.8 Å². The maximum absolute atomic E-state index is 12.3. The van der Waals surface area contributed by atoms with Gasteiger partial charge in [-0.2, -0.15) is 13.2 Å². The molecule has 0 saturated heterocycles. The van der Waals surface area contributed by atoms with E-state index in [1.807, 2.05) is 0 Å². The van der Waals surface area contributed by atoms with Crippen LogP contribution < -0.4 is 11.1 Å². The molecule has 0 aromatic heterocycles. The molecule has 0 spiro atoms. The number of carbonyl (C=O) groups is 2. The van der Waals surface area contributed by atoms with E-state index in [4.69, 9.17) is 5.73 Å². The zero-order valence-electron chi connectivity index (χ0n) is 10.5. The maximum Gasteiger partial charge on any atom is 0.416 e. The molecule has 1 atom stereocenters. The second kappa shape index (κ2) is 6.38. The Labute approximate surface area is 112 Å². The Bertz CT molecular complexity index is 486. The summed E-state index contributed by atoms with van der Waals surface area (Å²) >= 11 is 0. The van der Waals surface area contributed by atoms with E-state index in [0.29, 0.717) is 0 Å². The van der Waals surface area contributed by atoms with Crippen molar-refractivity contribution in [1.29, 1.82) is 0 Å². The highest BCUT2D eigenvalue weighted by atomic mass is 19.4. The first-order valence-corrected chi connectivity index (χ1v) is 5.66. The fourth-order valence-corrected chi connectivity index (χ4v) is 1.30. The van der Waals surface area contributed by atoms with Gasteiger partial charge in [0.05, 0.1) is 12.2 Å². The number of anilines is 1. The summed E-state index contributed by atoms with van der Waals surface area (Å²) in [5.41, 5.74) is 4.58. The normalized spacial score (nSPS) is 12.7. The van der Waals surface area contributed by atoms with Crippen LogP contribution in [0.5, 0.6) is 0 Å². The second-order valence-corrected chi connectivity index (χ2v) is 3.79. The molecule has 1 aromatic carbocycles. The summed E-state index contributed by atoms with van der Waals surface area (Å²) in [6.07, 6.45) is -4.45. The SMILES string of the molecule is CCOC(=O)C(N)C(=O)Nc1ccc(C(F)(F)F)cc1. The van der Waals surface area contributed by atoms with E-state index in [0.717, 1.165) is 24.3 Å². The summed E-state index contributed by atoms with van der Waals surface area (Å²) in [6, 6.07) is 2.23. The summed E-state index contributed by atoms with van der Waals surface area (Å²) < 4.78 is 41.6. The van der Waals surface area contributed by atoms with Gasteiger partial charge in [0.2, 0.25) is 0 Å². The summed E-state index contributed by atoms with van der Waals surface area (Å²) in [5.74, 6) is -1.76. The van der Waals surface area contributed by atoms with Gasteiger partial charge in [-0.1, -0.05) is 0 Å². The molecule has 20 heavy (non-hydrogen) atoms. The van der Waals surface area contributed by atoms with Crippen molar-refractivity contribution in [2.75, 3.05) is 11.9 Å². The Morgan fingerprint density at radius 2 is 1.85 bits per heavy atom. The van der Waals surface area contributed by atoms with Crippen molar-refractivity contribution >= 4 is 17.6 Å². The van der Waals surface area contributed by atoms with Gasteiger partial charge in [-0.05, 0) is 31.2 Å². The van der Waals surface area contributed by atoms with Crippen molar-refractivity contribution in [3.63, 3.8) is 0 Å². The van der Waals surface area contributed by atoms with Gasteiger partial charge in [0.1, 0.15) is 0 Å². The number of halogens is 3. The maximum atomic E-state index is 12.3. The van der Waals surface area contributed by atoms with Crippen molar-refractivity contribution in [2.24, 2.45) is 5.73 Å². The van der Waals surface area contributed by atoms with E-state index in [2.05, 4.69) is 10.1 Å². The third-order valence-corrected chi connectivity index (χ3v) is 2.30. The molecule has 0 bridgehead atoms. The van der Waals surface area contributed by atoms with Crippen molar-refractivity contribution in [2.45, 2.75) is 19.1 Å². The van der Waals surface area contributed by atoms with Crippen LogP contribution in [-0.4, -0.2) is 24.5 Å². The summed E-state index contributed by atoms with van der Waals surface area (Å²) in [6.45, 7) is 1.62. The highest BCUT2D eigenvalue weighted by Crippen LogP contribution is 2.29. The molecule has 1 rings (SSSR count). The van der Waals surface area contributed by atoms with Gasteiger partial charge in [-0.25, -0.2) is 4.79 Å². The molecule has 5 nitrogen and oxygen atoms in total. The molecule has 1 amide bonds. The molecule has 0 aliphatic heterocycles. The van der Waals surface area contributed by atoms with Gasteiger partial charge in [-0.3, -0.25) is 4.79 Å². The monoisotopic (exact) mass is 290 g/mol. The Morgan fingerprint density at radius 3 is 2.30 bits per heavy atom. The van der Waals surface area contributed by atoms with Crippen molar-refractivity contribution in [3.8, 4) is 0 Å². The minimum Gasteiger partial charge on any atom is -0.464 e. The molecular weight excluding hydrogens is 277 g/mol. The highest BCUT2D eigenvalue weighted by molar-refractivity contribution is 6.08.